The maximum atomic E-state index is 0. The van der Waals surface area contributed by atoms with Crippen LogP contribution in [-0.4, -0.2) is 0 Å². The van der Waals surface area contributed by atoms with Gasteiger partial charge in [-0.3, -0.25) is 0 Å². The molecule has 0 amide bonds. The number of hydrogen-bond donors (Lipinski definition) is 0. The second-order valence-corrected chi connectivity index (χ2v) is 0. The van der Waals surface area contributed by atoms with Crippen molar-refractivity contribution in [3.63, 3.8) is 0 Å². The molecule has 0 aromatic heterocycles. The topological polar surface area (TPSA) is 0 Å². The molecule has 0 atom stereocenters. The zero-order chi connectivity index (χ0) is 0. The van der Waals surface area contributed by atoms with Gasteiger partial charge in [0.05, 0.1) is 0 Å². The summed E-state index contributed by atoms with van der Waals surface area (Å²) >= 11 is 0. The second-order valence-electron chi connectivity index (χ2n) is 0. The first-order chi connectivity index (χ1) is 0. The third-order valence-electron chi connectivity index (χ3n) is 0. The second kappa shape index (κ2) is 3700. The molecule has 0 saturated heterocycles. The fourth-order valence-corrected chi connectivity index (χ4v) is 0. The third-order valence-corrected chi connectivity index (χ3v) is 0. The Kier molecular flexibility index (Phi) is 1670000. The van der Waals surface area contributed by atoms with E-state index in [0.29, 0.717) is 0 Å². The molecule has 0 aromatic carbocycles. The Labute approximate surface area is 91.4 Å². The Balaban J connectivity index is 0. The molecule has 0 heterocycles. The van der Waals surface area contributed by atoms with Gasteiger partial charge in [0.25, 0.3) is 0 Å². The van der Waals surface area contributed by atoms with E-state index in [4.69, 9.17) is 0 Å². The van der Waals surface area contributed by atoms with Crippen LogP contribution < -0.4 is 0 Å². The molecule has 1 radical (unpaired) electrons. The van der Waals surface area contributed by atoms with E-state index in [1.807, 2.05) is 0 Å². The fraction of sp³-hybridized carbons (Fsp3) is 0. The van der Waals surface area contributed by atoms with Gasteiger partial charge in [-0.25, -0.2) is 0 Å². The van der Waals surface area contributed by atoms with E-state index in [9.17, 15) is 0 Å². The van der Waals surface area contributed by atoms with Gasteiger partial charge in [-0.15, -0.1) is 0 Å². The molecule has 0 saturated carbocycles. The summed E-state index contributed by atoms with van der Waals surface area (Å²) in [5.41, 5.74) is 0. The minimum atomic E-state index is 0. The van der Waals surface area contributed by atoms with Crippen LogP contribution in [0.15, 0.2) is 0 Å². The summed E-state index contributed by atoms with van der Waals surface area (Å²) in [5, 5.41) is 0. The van der Waals surface area contributed by atoms with Gasteiger partial charge in [-0.05, 0) is 0 Å². The summed E-state index contributed by atoms with van der Waals surface area (Å²) in [6.07, 6.45) is 0. The molecular weight excluding hydrogens is 179 g/mol. The molecule has 0 rings (SSSR count). The van der Waals surface area contributed by atoms with Crippen LogP contribution in [0.2, 0.25) is 0 Å². The maximum Gasteiger partial charge on any atom is 0 e. The SMILES string of the molecule is [CH3-].[CH3-].[CH3-].[CH3-].[CH3-].[CH3-].[CH3-].[CH3-].[CH3-].[CH3-].[Co]. The quantitative estimate of drug-likeness (QED) is 0.515. The van der Waals surface area contributed by atoms with Crippen molar-refractivity contribution in [2.24, 2.45) is 0 Å². The van der Waals surface area contributed by atoms with Gasteiger partial charge in [-0.2, -0.15) is 0 Å². The van der Waals surface area contributed by atoms with Crippen molar-refractivity contribution < 1.29 is 16.8 Å². The first kappa shape index (κ1) is 4950. The van der Waals surface area contributed by atoms with E-state index >= 15 is 0 Å². The Morgan fingerprint density at radius 3 is 0.182 bits per heavy atom. The molecule has 0 aliphatic rings. The maximum absolute atomic E-state index is 0. The van der Waals surface area contributed by atoms with Gasteiger partial charge in [0, 0.05) is 16.8 Å². The van der Waals surface area contributed by atoms with Crippen LogP contribution in [0.25, 0.3) is 0 Å². The van der Waals surface area contributed by atoms with Crippen LogP contribution in [0.4, 0.5) is 0 Å². The van der Waals surface area contributed by atoms with E-state index in [0.717, 1.165) is 0 Å². The Bertz CT molecular complexity index is 4.83. The molecule has 11 heavy (non-hydrogen) atoms. The van der Waals surface area contributed by atoms with Crippen molar-refractivity contribution in [2.45, 2.75) is 0 Å². The van der Waals surface area contributed by atoms with Crippen molar-refractivity contribution in [1.29, 1.82) is 0 Å². The zero-order valence-electron chi connectivity index (χ0n) is 10.3. The summed E-state index contributed by atoms with van der Waals surface area (Å²) in [4.78, 5) is 0. The molecule has 0 aromatic rings. The van der Waals surface area contributed by atoms with Gasteiger partial charge in [0.2, 0.25) is 0 Å². The smallest absolute Gasteiger partial charge is 0 e. The van der Waals surface area contributed by atoms with Crippen LogP contribution in [0, 0.1) is 74.3 Å². The number of rotatable bonds is 0. The van der Waals surface area contributed by atoms with Crippen molar-refractivity contribution in [3.8, 4) is 0 Å². The van der Waals surface area contributed by atoms with Gasteiger partial charge >= 0.3 is 0 Å². The Morgan fingerprint density at radius 1 is 0.182 bits per heavy atom. The summed E-state index contributed by atoms with van der Waals surface area (Å²) in [6, 6.07) is 0. The first-order valence-electron chi connectivity index (χ1n) is 0. The molecule has 89 valence electrons. The van der Waals surface area contributed by atoms with E-state index in [2.05, 4.69) is 0 Å². The minimum absolute atomic E-state index is 0. The summed E-state index contributed by atoms with van der Waals surface area (Å²) in [7, 11) is 0. The molecule has 0 spiro atoms. The van der Waals surface area contributed by atoms with Crippen molar-refractivity contribution in [2.75, 3.05) is 0 Å². The van der Waals surface area contributed by atoms with E-state index in [1.165, 1.54) is 0 Å². The largest absolute Gasteiger partial charge is 0.358 e. The molecule has 0 unspecified atom stereocenters. The minimum Gasteiger partial charge on any atom is -0.358 e. The van der Waals surface area contributed by atoms with E-state index < -0.39 is 0 Å². The summed E-state index contributed by atoms with van der Waals surface area (Å²) < 4.78 is 0. The molecule has 0 N–H and O–H groups in total. The normalized spacial score (nSPS) is 0. The molecule has 0 fully saturated rings. The molecule has 0 bridgehead atoms. The zero-order valence-corrected chi connectivity index (χ0v) is 11.4. The average molecular weight is 209 g/mol. The van der Waals surface area contributed by atoms with Gasteiger partial charge in [-0.1, -0.05) is 0 Å². The predicted octanol–water partition coefficient (Wildman–Crippen LogP) is 4.50. The summed E-state index contributed by atoms with van der Waals surface area (Å²) in [6.45, 7) is 0. The van der Waals surface area contributed by atoms with Crippen molar-refractivity contribution in [1.82, 2.24) is 0 Å². The number of hydrogen-bond acceptors (Lipinski definition) is 0. The van der Waals surface area contributed by atoms with Crippen LogP contribution >= 0.6 is 0 Å². The predicted molar refractivity (Wildman–Crippen MR) is 64.1 cm³/mol. The molecule has 0 nitrogen and oxygen atoms in total. The molecular formula is C10H30Co-10. The van der Waals surface area contributed by atoms with Crippen molar-refractivity contribution >= 4 is 0 Å². The van der Waals surface area contributed by atoms with Crippen LogP contribution in [-0.2, 0) is 16.8 Å². The standard InChI is InChI=1S/10CH3.Co/h10*1H3;/q10*-1;. The van der Waals surface area contributed by atoms with Crippen LogP contribution in [0.1, 0.15) is 0 Å². The third kappa shape index (κ3) is 2960. The molecule has 0 aliphatic heterocycles. The first-order valence-corrected chi connectivity index (χ1v) is 0. The van der Waals surface area contributed by atoms with Crippen LogP contribution in [0.3, 0.4) is 0 Å². The Hall–Kier alpha value is 0.506. The van der Waals surface area contributed by atoms with Crippen molar-refractivity contribution in [3.05, 3.63) is 74.3 Å². The summed E-state index contributed by atoms with van der Waals surface area (Å²) in [5.74, 6) is 0. The molecule has 1 heteroatoms. The van der Waals surface area contributed by atoms with E-state index in [1.54, 1.807) is 0 Å². The average Bonchev–Trinajstić information content (AvgIpc) is 0. The monoisotopic (exact) mass is 209 g/mol. The van der Waals surface area contributed by atoms with E-state index in [-0.39, 0.29) is 91.0 Å². The Morgan fingerprint density at radius 2 is 0.182 bits per heavy atom. The fourth-order valence-electron chi connectivity index (χ4n) is 0. The van der Waals surface area contributed by atoms with Gasteiger partial charge < -0.3 is 74.3 Å². The van der Waals surface area contributed by atoms with Gasteiger partial charge in [0.1, 0.15) is 0 Å². The van der Waals surface area contributed by atoms with Gasteiger partial charge in [0.15, 0.2) is 0 Å². The molecule has 0 aliphatic carbocycles. The van der Waals surface area contributed by atoms with Crippen LogP contribution in [0.5, 0.6) is 0 Å².